The highest BCUT2D eigenvalue weighted by molar-refractivity contribution is 7.99. The van der Waals surface area contributed by atoms with Crippen molar-refractivity contribution < 1.29 is 14.6 Å². The smallest absolute Gasteiger partial charge is 0.160 e. The fourth-order valence-corrected chi connectivity index (χ4v) is 6.83. The molecule has 8 heteroatoms. The quantitative estimate of drug-likeness (QED) is 0.208. The first-order valence-corrected chi connectivity index (χ1v) is 15.2. The van der Waals surface area contributed by atoms with Crippen LogP contribution in [0.2, 0.25) is 5.02 Å². The number of fused-ring (bicyclic) bond motifs is 3. The maximum Gasteiger partial charge on any atom is 0.160 e. The lowest BCUT2D eigenvalue weighted by atomic mass is 9.92. The molecule has 43 heavy (non-hydrogen) atoms. The third kappa shape index (κ3) is 5.15. The number of nitrogens with one attached hydrogen (secondary N) is 1. The van der Waals surface area contributed by atoms with Crippen molar-refractivity contribution in [3.8, 4) is 17.2 Å². The molecule has 7 rings (SSSR count). The highest BCUT2D eigenvalue weighted by Gasteiger charge is 2.39. The lowest BCUT2D eigenvalue weighted by Crippen LogP contribution is -2.41. The second kappa shape index (κ2) is 11.6. The van der Waals surface area contributed by atoms with Crippen molar-refractivity contribution in [3.05, 3.63) is 126 Å². The van der Waals surface area contributed by atoms with Gasteiger partial charge in [-0.1, -0.05) is 78.0 Å². The molecule has 2 unspecified atom stereocenters. The fraction of sp³-hybridized carbons (Fsp3) is 0.114. The second-order valence-corrected chi connectivity index (χ2v) is 11.7. The van der Waals surface area contributed by atoms with Crippen LogP contribution in [0.25, 0.3) is 0 Å². The zero-order valence-electron chi connectivity index (χ0n) is 23.3. The van der Waals surface area contributed by atoms with Crippen LogP contribution in [-0.4, -0.2) is 24.6 Å². The lowest BCUT2D eigenvalue weighted by Gasteiger charge is -2.38. The van der Waals surface area contributed by atoms with Gasteiger partial charge in [0.05, 0.1) is 35.1 Å². The van der Waals surface area contributed by atoms with Gasteiger partial charge >= 0.3 is 0 Å². The van der Waals surface area contributed by atoms with Gasteiger partial charge in [0.1, 0.15) is 23.4 Å². The fourth-order valence-electron chi connectivity index (χ4n) is 5.57. The van der Waals surface area contributed by atoms with Crippen LogP contribution in [0.3, 0.4) is 0 Å². The van der Waals surface area contributed by atoms with E-state index in [-0.39, 0.29) is 11.7 Å². The molecule has 0 saturated heterocycles. The lowest BCUT2D eigenvalue weighted by molar-refractivity contribution is 0.174. The van der Waals surface area contributed by atoms with Crippen molar-refractivity contribution in [3.63, 3.8) is 0 Å². The van der Waals surface area contributed by atoms with Gasteiger partial charge in [-0.2, -0.15) is 0 Å². The van der Waals surface area contributed by atoms with Crippen LogP contribution < -0.4 is 19.7 Å². The molecule has 0 fully saturated rings. The summed E-state index contributed by atoms with van der Waals surface area (Å²) >= 11 is 8.35. The minimum Gasteiger partial charge on any atom is -0.504 e. The van der Waals surface area contributed by atoms with E-state index in [0.29, 0.717) is 23.1 Å². The monoisotopic (exact) mass is 605 g/mol. The molecule has 6 nitrogen and oxygen atoms in total. The van der Waals surface area contributed by atoms with Gasteiger partial charge in [0.2, 0.25) is 0 Å². The molecule has 0 amide bonds. The summed E-state index contributed by atoms with van der Waals surface area (Å²) in [6.07, 6.45) is -0.499. The van der Waals surface area contributed by atoms with Gasteiger partial charge in [-0.3, -0.25) is 4.90 Å². The van der Waals surface area contributed by atoms with Gasteiger partial charge in [-0.25, -0.2) is 4.99 Å². The number of ether oxygens (including phenoxy) is 2. The maximum atomic E-state index is 10.4. The van der Waals surface area contributed by atoms with Crippen molar-refractivity contribution >= 4 is 51.9 Å². The summed E-state index contributed by atoms with van der Waals surface area (Å²) < 4.78 is 12.4. The Morgan fingerprint density at radius 3 is 2.30 bits per heavy atom. The van der Waals surface area contributed by atoms with Gasteiger partial charge in [0.15, 0.2) is 11.5 Å². The zero-order chi connectivity index (χ0) is 29.3. The first kappa shape index (κ1) is 27.3. The molecule has 214 valence electrons. The molecule has 0 aliphatic carbocycles. The van der Waals surface area contributed by atoms with E-state index in [9.17, 15) is 5.11 Å². The van der Waals surface area contributed by atoms with Crippen LogP contribution in [-0.2, 0) is 0 Å². The second-order valence-electron chi connectivity index (χ2n) is 10.2. The van der Waals surface area contributed by atoms with E-state index in [0.717, 1.165) is 43.9 Å². The number of methoxy groups -OCH3 is 1. The van der Waals surface area contributed by atoms with Crippen molar-refractivity contribution in [1.29, 1.82) is 0 Å². The number of rotatable bonds is 5. The van der Waals surface area contributed by atoms with Gasteiger partial charge in [0.25, 0.3) is 0 Å². The minimum atomic E-state index is -0.499. The van der Waals surface area contributed by atoms with Crippen molar-refractivity contribution in [2.75, 3.05) is 23.9 Å². The number of anilines is 3. The first-order valence-electron chi connectivity index (χ1n) is 14.0. The van der Waals surface area contributed by atoms with E-state index in [4.69, 9.17) is 26.1 Å². The van der Waals surface area contributed by atoms with Gasteiger partial charge in [-0.15, -0.1) is 0 Å². The molecule has 5 aromatic carbocycles. The molecule has 2 atom stereocenters. The Balaban J connectivity index is 1.45. The molecule has 2 aliphatic heterocycles. The van der Waals surface area contributed by atoms with E-state index in [1.807, 2.05) is 60.7 Å². The summed E-state index contributed by atoms with van der Waals surface area (Å²) in [4.78, 5) is 9.91. The molecule has 2 N–H and O–H groups in total. The number of benzene rings is 5. The molecule has 0 radical (unpaired) electrons. The summed E-state index contributed by atoms with van der Waals surface area (Å²) in [5.41, 5.74) is 4.50. The van der Waals surface area contributed by atoms with E-state index in [1.54, 1.807) is 24.9 Å². The summed E-state index contributed by atoms with van der Waals surface area (Å²) in [6.45, 7) is 0.457. The predicted octanol–water partition coefficient (Wildman–Crippen LogP) is 9.25. The van der Waals surface area contributed by atoms with E-state index in [2.05, 4.69) is 58.7 Å². The number of amidine groups is 1. The number of aromatic hydroxyl groups is 1. The Bertz CT molecular complexity index is 1800. The Labute approximate surface area is 259 Å². The summed E-state index contributed by atoms with van der Waals surface area (Å²) in [6, 6.07) is 37.7. The Morgan fingerprint density at radius 1 is 0.884 bits per heavy atom. The average molecular weight is 606 g/mol. The van der Waals surface area contributed by atoms with Crippen LogP contribution in [0.15, 0.2) is 130 Å². The number of halogens is 1. The van der Waals surface area contributed by atoms with Crippen LogP contribution in [0.1, 0.15) is 11.7 Å². The summed E-state index contributed by atoms with van der Waals surface area (Å²) in [5, 5.41) is 14.7. The van der Waals surface area contributed by atoms with Crippen molar-refractivity contribution in [2.24, 2.45) is 10.9 Å². The number of nitrogens with zero attached hydrogens (tertiary/aromatic N) is 2. The number of hydrogen-bond acceptors (Lipinski definition) is 7. The van der Waals surface area contributed by atoms with E-state index < -0.39 is 6.10 Å². The normalized spacial score (nSPS) is 17.0. The van der Waals surface area contributed by atoms with Gasteiger partial charge < -0.3 is 19.9 Å². The summed E-state index contributed by atoms with van der Waals surface area (Å²) in [5.74, 6) is 1.62. The first-order chi connectivity index (χ1) is 21.1. The van der Waals surface area contributed by atoms with Gasteiger partial charge in [0, 0.05) is 16.3 Å². The van der Waals surface area contributed by atoms with Crippen LogP contribution >= 0.6 is 23.4 Å². The number of para-hydroxylation sites is 5. The van der Waals surface area contributed by atoms with Crippen LogP contribution in [0.5, 0.6) is 17.2 Å². The molecule has 0 bridgehead atoms. The third-order valence-corrected chi connectivity index (χ3v) is 9.09. The molecule has 2 heterocycles. The number of aliphatic imine (C=N–C) groups is 1. The molecular formula is C35H28ClN3O3S. The van der Waals surface area contributed by atoms with Crippen molar-refractivity contribution in [1.82, 2.24) is 0 Å². The highest BCUT2D eigenvalue weighted by atomic mass is 35.5. The SMILES string of the molecule is COc1cc(C2Oc3ccccc3N=C(N3c4ccccc4Sc4ccccc43)C2CNc2ccccc2Cl)ccc1O. The summed E-state index contributed by atoms with van der Waals surface area (Å²) in [7, 11) is 1.55. The van der Waals surface area contributed by atoms with Crippen LogP contribution in [0.4, 0.5) is 22.7 Å². The molecular weight excluding hydrogens is 578 g/mol. The predicted molar refractivity (Wildman–Crippen MR) is 174 cm³/mol. The Morgan fingerprint density at radius 2 is 1.56 bits per heavy atom. The Kier molecular flexibility index (Phi) is 7.35. The molecule has 0 saturated carbocycles. The van der Waals surface area contributed by atoms with Crippen LogP contribution in [0, 0.1) is 5.92 Å². The van der Waals surface area contributed by atoms with E-state index in [1.165, 1.54) is 0 Å². The number of phenolic OH excluding ortho intramolecular Hbond substituents is 1. The topological polar surface area (TPSA) is 66.3 Å². The van der Waals surface area contributed by atoms with E-state index >= 15 is 0 Å². The third-order valence-electron chi connectivity index (χ3n) is 7.63. The molecule has 5 aromatic rings. The average Bonchev–Trinajstić information content (AvgIpc) is 3.20. The Hall–Kier alpha value is -4.59. The number of phenols is 1. The standard InChI is InChI=1S/C35H28ClN3O3S/c1-41-31-20-22(18-19-29(31)40)34-23(21-37-25-11-3-2-10-24(25)36)35(38-26-12-4-7-15-30(26)42-34)39-27-13-5-8-16-32(27)43-33-17-9-6-14-28(33)39/h2-20,23,34,37,40H,21H2,1H3. The maximum absolute atomic E-state index is 10.4. The minimum absolute atomic E-state index is 0.0656. The molecule has 2 aliphatic rings. The highest BCUT2D eigenvalue weighted by Crippen LogP contribution is 2.51. The number of hydrogen-bond donors (Lipinski definition) is 2. The molecule has 0 spiro atoms. The zero-order valence-corrected chi connectivity index (χ0v) is 24.8. The largest absolute Gasteiger partial charge is 0.504 e. The van der Waals surface area contributed by atoms with Crippen molar-refractivity contribution in [2.45, 2.75) is 15.9 Å². The van der Waals surface area contributed by atoms with Gasteiger partial charge in [-0.05, 0) is 66.2 Å². The molecule has 0 aromatic heterocycles.